The quantitative estimate of drug-likeness (QED) is 0.802. The molecule has 0 amide bonds. The molecule has 118 valence electrons. The summed E-state index contributed by atoms with van der Waals surface area (Å²) in [5, 5.41) is 2.36. The Morgan fingerprint density at radius 3 is 2.70 bits per heavy atom. The first-order chi connectivity index (χ1) is 11.7. The minimum Gasteiger partial charge on any atom is -0.314 e. The van der Waals surface area contributed by atoms with Crippen LogP contribution in [0.4, 0.5) is 0 Å². The smallest absolute Gasteiger partial charge is 0.137 e. The molecule has 5 heteroatoms. The molecule has 2 aromatic heterocycles. The number of imidazole rings is 1. The van der Waals surface area contributed by atoms with Gasteiger partial charge in [0.1, 0.15) is 7.06 Å². The van der Waals surface area contributed by atoms with Gasteiger partial charge in [0.2, 0.25) is 0 Å². The second kappa shape index (κ2) is 6.32. The van der Waals surface area contributed by atoms with Crippen LogP contribution in [-0.2, 0) is 6.54 Å². The number of benzene rings is 1. The summed E-state index contributed by atoms with van der Waals surface area (Å²) >= 11 is 6.03. The number of nitrogens with one attached hydrogen (secondary N) is 1. The monoisotopic (exact) mass is 327 g/mol. The van der Waals surface area contributed by atoms with E-state index in [1.807, 2.05) is 42.5 Å². The molecule has 4 rings (SSSR count). The van der Waals surface area contributed by atoms with Gasteiger partial charge >= 0.3 is 0 Å². The highest BCUT2D eigenvalue weighted by Gasteiger charge is 2.18. The van der Waals surface area contributed by atoms with Crippen LogP contribution >= 0.6 is 11.6 Å². The van der Waals surface area contributed by atoms with Crippen LogP contribution < -0.4 is 5.31 Å². The molecule has 0 bridgehead atoms. The van der Waals surface area contributed by atoms with Crippen LogP contribution in [0.25, 0.3) is 16.9 Å². The predicted molar refractivity (Wildman–Crippen MR) is 93.8 cm³/mol. The molecular weight excluding hydrogens is 308 g/mol. The molecule has 3 heterocycles. The number of piperazine rings is 1. The van der Waals surface area contributed by atoms with Crippen molar-refractivity contribution in [2.24, 2.45) is 0 Å². The summed E-state index contributed by atoms with van der Waals surface area (Å²) in [6.45, 7) is 4.21. The zero-order chi connectivity index (χ0) is 16.5. The Bertz CT molecular complexity index is 838. The first-order valence-corrected chi connectivity index (χ1v) is 8.26. The van der Waals surface area contributed by atoms with Gasteiger partial charge in [-0.25, -0.2) is 4.98 Å². The van der Waals surface area contributed by atoms with Crippen molar-refractivity contribution in [2.45, 2.75) is 6.54 Å². The van der Waals surface area contributed by atoms with E-state index in [0.717, 1.165) is 54.7 Å². The molecule has 1 fully saturated rings. The molecule has 1 saturated heterocycles. The molecule has 4 nitrogen and oxygen atoms in total. The molecule has 0 aliphatic carbocycles. The molecule has 1 N–H and O–H groups in total. The highest BCUT2D eigenvalue weighted by Crippen LogP contribution is 2.27. The predicted octanol–water partition coefficient (Wildman–Crippen LogP) is 3.06. The van der Waals surface area contributed by atoms with E-state index in [9.17, 15) is 0 Å². The van der Waals surface area contributed by atoms with Gasteiger partial charge in [-0.05, 0) is 24.3 Å². The van der Waals surface area contributed by atoms with E-state index in [4.69, 9.17) is 18.0 Å². The normalized spacial score (nSPS) is 17.5. The number of fused-ring (bicyclic) bond motifs is 1. The summed E-state index contributed by atoms with van der Waals surface area (Å²) in [4.78, 5) is 7.23. The Morgan fingerprint density at radius 2 is 1.91 bits per heavy atom. The van der Waals surface area contributed by atoms with Crippen LogP contribution in [-0.4, -0.2) is 40.5 Å². The van der Waals surface area contributed by atoms with Crippen LogP contribution in [0.5, 0.6) is 0 Å². The topological polar surface area (TPSA) is 32.6 Å². The van der Waals surface area contributed by atoms with Crippen LogP contribution in [0.1, 0.15) is 5.69 Å². The summed E-state index contributed by atoms with van der Waals surface area (Å²) in [5.41, 5.74) is 4.23. The van der Waals surface area contributed by atoms with Crippen molar-refractivity contribution in [3.63, 3.8) is 0 Å². The molecule has 1 aromatic carbocycles. The van der Waals surface area contributed by atoms with Gasteiger partial charge in [-0.2, -0.15) is 0 Å². The second-order valence-electron chi connectivity index (χ2n) is 5.79. The standard InChI is InChI=1S/C18H19ClN4/c19-15-6-4-14(5-7-15)18-16(13-22-11-8-20-9-12-22)23-10-2-1-3-17(23)21-18/h1-7,10,20H,8-9,11-13H2/i/hD. The van der Waals surface area contributed by atoms with E-state index in [1.54, 1.807) is 5.31 Å². The van der Waals surface area contributed by atoms with Gasteiger partial charge in [0.25, 0.3) is 0 Å². The third kappa shape index (κ3) is 2.98. The molecule has 0 atom stereocenters. The average Bonchev–Trinajstić information content (AvgIpc) is 2.96. The Labute approximate surface area is 142 Å². The maximum atomic E-state index is 7.72. The van der Waals surface area contributed by atoms with Crippen LogP contribution in [0.3, 0.4) is 0 Å². The van der Waals surface area contributed by atoms with E-state index in [-0.39, 0.29) is 0 Å². The largest absolute Gasteiger partial charge is 0.314 e. The number of pyridine rings is 1. The Hall–Kier alpha value is -1.88. The fraction of sp³-hybridized carbons (Fsp3) is 0.278. The molecule has 23 heavy (non-hydrogen) atoms. The summed E-state index contributed by atoms with van der Waals surface area (Å²) in [6.07, 6.45) is 2.07. The van der Waals surface area contributed by atoms with Crippen LogP contribution in [0.2, 0.25) is 6.43 Å². The highest BCUT2D eigenvalue weighted by molar-refractivity contribution is 6.30. The lowest BCUT2D eigenvalue weighted by Gasteiger charge is -2.27. The lowest BCUT2D eigenvalue weighted by atomic mass is 10.1. The fourth-order valence-corrected chi connectivity index (χ4v) is 3.18. The number of rotatable bonds is 3. The minimum absolute atomic E-state index is 0.732. The maximum Gasteiger partial charge on any atom is 0.137 e. The van der Waals surface area contributed by atoms with Gasteiger partial charge in [-0.1, -0.05) is 29.8 Å². The number of nitrogens with zero attached hydrogens (tertiary/aromatic N) is 3. The van der Waals surface area contributed by atoms with Crippen molar-refractivity contribution >= 4 is 17.2 Å². The third-order valence-corrected chi connectivity index (χ3v) is 4.52. The zero-order valence-corrected chi connectivity index (χ0v) is 13.6. The Balaban J connectivity index is 1.74. The van der Waals surface area contributed by atoms with Gasteiger partial charge in [0.15, 0.2) is 0 Å². The van der Waals surface area contributed by atoms with E-state index in [0.29, 0.717) is 0 Å². The van der Waals surface area contributed by atoms with Crippen LogP contribution in [0, 0.1) is 0 Å². The molecule has 3 aromatic rings. The number of hydrogen-bond donors (Lipinski definition) is 1. The van der Waals surface area contributed by atoms with E-state index in [1.165, 1.54) is 5.69 Å². The van der Waals surface area contributed by atoms with Crippen molar-refractivity contribution < 1.29 is 1.41 Å². The van der Waals surface area contributed by atoms with Crippen LogP contribution in [0.15, 0.2) is 48.7 Å². The van der Waals surface area contributed by atoms with Crippen molar-refractivity contribution in [1.82, 2.24) is 19.6 Å². The third-order valence-electron chi connectivity index (χ3n) is 4.27. The Morgan fingerprint density at radius 1 is 1.13 bits per heavy atom. The molecule has 1 aliphatic heterocycles. The SMILES string of the molecule is [2H]N1CCN(Cc2c(-c3ccc(Cl)cc3)nc3ccccn23)CC1. The number of halogens is 1. The lowest BCUT2D eigenvalue weighted by Crippen LogP contribution is -2.43. The first kappa shape index (κ1) is 13.5. The summed E-state index contributed by atoms with van der Waals surface area (Å²) < 4.78 is 9.88. The fourth-order valence-electron chi connectivity index (χ4n) is 3.05. The van der Waals surface area contributed by atoms with Gasteiger partial charge in [0, 0.05) is 49.5 Å². The van der Waals surface area contributed by atoms with Gasteiger partial charge in [0.05, 0.1) is 11.4 Å². The molecule has 0 radical (unpaired) electrons. The van der Waals surface area contributed by atoms with Gasteiger partial charge in [-0.15, -0.1) is 0 Å². The van der Waals surface area contributed by atoms with E-state index in [2.05, 4.69) is 15.5 Å². The van der Waals surface area contributed by atoms with Crippen molar-refractivity contribution in [1.29, 1.82) is 0 Å². The molecule has 0 saturated carbocycles. The molecule has 0 spiro atoms. The van der Waals surface area contributed by atoms with Crippen molar-refractivity contribution in [3.8, 4) is 11.3 Å². The van der Waals surface area contributed by atoms with E-state index >= 15 is 0 Å². The average molecular weight is 328 g/mol. The number of aromatic nitrogens is 2. The zero-order valence-electron chi connectivity index (χ0n) is 13.8. The molecular formula is C18H19ClN4. The lowest BCUT2D eigenvalue weighted by molar-refractivity contribution is 0.230. The highest BCUT2D eigenvalue weighted by atomic mass is 35.5. The molecule has 1 aliphatic rings. The summed E-state index contributed by atoms with van der Waals surface area (Å²) in [6, 6.07) is 13.9. The van der Waals surface area contributed by atoms with Gasteiger partial charge in [-0.3, -0.25) is 4.90 Å². The minimum atomic E-state index is 0.732. The maximum absolute atomic E-state index is 7.72. The van der Waals surface area contributed by atoms with Gasteiger partial charge < -0.3 is 9.71 Å². The van der Waals surface area contributed by atoms with Crippen molar-refractivity contribution in [3.05, 3.63) is 59.4 Å². The Kier molecular flexibility index (Phi) is 3.72. The second-order valence-corrected chi connectivity index (χ2v) is 6.23. The van der Waals surface area contributed by atoms with Crippen molar-refractivity contribution in [2.75, 3.05) is 26.2 Å². The summed E-state index contributed by atoms with van der Waals surface area (Å²) in [7, 11) is 0. The summed E-state index contributed by atoms with van der Waals surface area (Å²) in [5.74, 6) is 0. The number of hydrogen-bond acceptors (Lipinski definition) is 3. The first-order valence-electron chi connectivity index (χ1n) is 8.33. The molecule has 0 unspecified atom stereocenters. The van der Waals surface area contributed by atoms with E-state index < -0.39 is 0 Å².